The van der Waals surface area contributed by atoms with Crippen molar-refractivity contribution in [2.24, 2.45) is 0 Å². The molecule has 0 unspecified atom stereocenters. The molecule has 0 spiro atoms. The van der Waals surface area contributed by atoms with Gasteiger partial charge in [0.15, 0.2) is 0 Å². The first-order valence-electron chi connectivity index (χ1n) is 8.38. The summed E-state index contributed by atoms with van der Waals surface area (Å²) in [6, 6.07) is 18.3. The summed E-state index contributed by atoms with van der Waals surface area (Å²) in [5, 5.41) is 12.0. The quantitative estimate of drug-likeness (QED) is 0.407. The van der Waals surface area contributed by atoms with E-state index in [1.54, 1.807) is 41.3 Å². The maximum atomic E-state index is 12.4. The highest BCUT2D eigenvalue weighted by molar-refractivity contribution is 6.06. The molecule has 2 aromatic carbocycles. The SMILES string of the molecule is C=CCN(/C=C(/C#N)C(=O)Nc1ccc(Oc2ccccc2)cc1)CC=C. The number of benzene rings is 2. The lowest BCUT2D eigenvalue weighted by Gasteiger charge is -2.16. The van der Waals surface area contributed by atoms with Crippen LogP contribution < -0.4 is 10.1 Å². The number of nitrogens with zero attached hydrogens (tertiary/aromatic N) is 2. The molecule has 0 atom stereocenters. The lowest BCUT2D eigenvalue weighted by Crippen LogP contribution is -2.21. The van der Waals surface area contributed by atoms with E-state index in [1.807, 2.05) is 36.4 Å². The fourth-order valence-corrected chi connectivity index (χ4v) is 2.26. The topological polar surface area (TPSA) is 65.4 Å². The van der Waals surface area contributed by atoms with Gasteiger partial charge < -0.3 is 15.0 Å². The van der Waals surface area contributed by atoms with E-state index in [4.69, 9.17) is 4.74 Å². The Morgan fingerprint density at radius 3 is 2.19 bits per heavy atom. The van der Waals surface area contributed by atoms with E-state index in [-0.39, 0.29) is 5.57 Å². The van der Waals surface area contributed by atoms with Crippen LogP contribution >= 0.6 is 0 Å². The normalized spacial score (nSPS) is 10.4. The van der Waals surface area contributed by atoms with E-state index < -0.39 is 5.91 Å². The van der Waals surface area contributed by atoms with E-state index in [2.05, 4.69) is 18.5 Å². The highest BCUT2D eigenvalue weighted by atomic mass is 16.5. The van der Waals surface area contributed by atoms with Gasteiger partial charge in [0.05, 0.1) is 0 Å². The number of hydrogen-bond acceptors (Lipinski definition) is 4. The van der Waals surface area contributed by atoms with Gasteiger partial charge in [0.2, 0.25) is 0 Å². The molecule has 136 valence electrons. The summed E-state index contributed by atoms with van der Waals surface area (Å²) >= 11 is 0. The predicted molar refractivity (Wildman–Crippen MR) is 107 cm³/mol. The summed E-state index contributed by atoms with van der Waals surface area (Å²) in [6.07, 6.45) is 4.89. The molecule has 0 bridgehead atoms. The minimum atomic E-state index is -0.479. The van der Waals surface area contributed by atoms with E-state index in [0.717, 1.165) is 5.75 Å². The molecule has 5 nitrogen and oxygen atoms in total. The van der Waals surface area contributed by atoms with Crippen LogP contribution in [-0.2, 0) is 4.79 Å². The number of ether oxygens (including phenoxy) is 1. The van der Waals surface area contributed by atoms with Gasteiger partial charge in [-0.25, -0.2) is 0 Å². The molecule has 0 saturated heterocycles. The number of para-hydroxylation sites is 1. The smallest absolute Gasteiger partial charge is 0.267 e. The van der Waals surface area contributed by atoms with Gasteiger partial charge in [-0.05, 0) is 36.4 Å². The highest BCUT2D eigenvalue weighted by Crippen LogP contribution is 2.22. The third kappa shape index (κ3) is 6.22. The minimum Gasteiger partial charge on any atom is -0.457 e. The summed E-state index contributed by atoms with van der Waals surface area (Å²) < 4.78 is 5.71. The average molecular weight is 359 g/mol. The molecule has 2 rings (SSSR count). The molecule has 0 saturated carbocycles. The number of anilines is 1. The molecule has 1 amide bonds. The average Bonchev–Trinajstić information content (AvgIpc) is 2.68. The standard InChI is InChI=1S/C22H21N3O2/c1-3-14-25(15-4-2)17-18(16-23)22(26)24-19-10-12-21(13-11-19)27-20-8-6-5-7-9-20/h3-13,17H,1-2,14-15H2,(H,24,26)/b18-17-. The van der Waals surface area contributed by atoms with Crippen molar-refractivity contribution in [3.63, 3.8) is 0 Å². The number of amides is 1. The Balaban J connectivity index is 2.04. The second-order valence-electron chi connectivity index (χ2n) is 5.58. The van der Waals surface area contributed by atoms with Gasteiger partial charge in [-0.3, -0.25) is 4.79 Å². The molecule has 0 aliphatic rings. The third-order valence-electron chi connectivity index (χ3n) is 3.50. The Labute approximate surface area is 159 Å². The molecule has 0 aromatic heterocycles. The number of rotatable bonds is 9. The Kier molecular flexibility index (Phi) is 7.43. The van der Waals surface area contributed by atoms with E-state index in [0.29, 0.717) is 24.5 Å². The maximum Gasteiger partial charge on any atom is 0.267 e. The van der Waals surface area contributed by atoms with Crippen molar-refractivity contribution < 1.29 is 9.53 Å². The summed E-state index contributed by atoms with van der Waals surface area (Å²) in [5.41, 5.74) is 0.573. The van der Waals surface area contributed by atoms with Crippen LogP contribution in [0.2, 0.25) is 0 Å². The second kappa shape index (κ2) is 10.3. The first kappa shape index (κ1) is 19.5. The van der Waals surface area contributed by atoms with Crippen LogP contribution in [0, 0.1) is 11.3 Å². The fourth-order valence-electron chi connectivity index (χ4n) is 2.26. The molecule has 1 N–H and O–H groups in total. The van der Waals surface area contributed by atoms with E-state index >= 15 is 0 Å². The van der Waals surface area contributed by atoms with Crippen molar-refractivity contribution in [3.8, 4) is 17.6 Å². The fraction of sp³-hybridized carbons (Fsp3) is 0.0909. The number of nitriles is 1. The maximum absolute atomic E-state index is 12.4. The van der Waals surface area contributed by atoms with Crippen molar-refractivity contribution in [2.75, 3.05) is 18.4 Å². The molecule has 0 heterocycles. The van der Waals surface area contributed by atoms with E-state index in [1.165, 1.54) is 6.20 Å². The largest absolute Gasteiger partial charge is 0.457 e. The van der Waals surface area contributed by atoms with Crippen molar-refractivity contribution in [1.29, 1.82) is 5.26 Å². The predicted octanol–water partition coefficient (Wildman–Crippen LogP) is 4.50. The van der Waals surface area contributed by atoms with E-state index in [9.17, 15) is 10.1 Å². The molecule has 0 aliphatic heterocycles. The highest BCUT2D eigenvalue weighted by Gasteiger charge is 2.11. The first-order chi connectivity index (χ1) is 13.2. The van der Waals surface area contributed by atoms with Crippen molar-refractivity contribution in [1.82, 2.24) is 4.90 Å². The van der Waals surface area contributed by atoms with Gasteiger partial charge in [0.25, 0.3) is 5.91 Å². The molecule has 0 aliphatic carbocycles. The summed E-state index contributed by atoms with van der Waals surface area (Å²) in [5.74, 6) is 0.902. The molecule has 2 aromatic rings. The monoisotopic (exact) mass is 359 g/mol. The van der Waals surface area contributed by atoms with Gasteiger partial charge in [0, 0.05) is 25.0 Å². The van der Waals surface area contributed by atoms with Gasteiger partial charge in [-0.2, -0.15) is 5.26 Å². The van der Waals surface area contributed by atoms with Crippen LogP contribution in [0.4, 0.5) is 5.69 Å². The van der Waals surface area contributed by atoms with Crippen LogP contribution in [0.3, 0.4) is 0 Å². The number of carbonyl (C=O) groups excluding carboxylic acids is 1. The zero-order chi connectivity index (χ0) is 19.5. The summed E-state index contributed by atoms with van der Waals surface area (Å²) in [6.45, 7) is 8.35. The van der Waals surface area contributed by atoms with Crippen LogP contribution in [0.25, 0.3) is 0 Å². The summed E-state index contributed by atoms with van der Waals surface area (Å²) in [7, 11) is 0. The van der Waals surface area contributed by atoms with Gasteiger partial charge in [0.1, 0.15) is 23.1 Å². The Morgan fingerprint density at radius 2 is 1.63 bits per heavy atom. The van der Waals surface area contributed by atoms with Gasteiger partial charge >= 0.3 is 0 Å². The second-order valence-corrected chi connectivity index (χ2v) is 5.58. The third-order valence-corrected chi connectivity index (χ3v) is 3.50. The van der Waals surface area contributed by atoms with Gasteiger partial charge in [-0.1, -0.05) is 30.4 Å². The lowest BCUT2D eigenvalue weighted by molar-refractivity contribution is -0.112. The molecular formula is C22H21N3O2. The molecule has 0 radical (unpaired) electrons. The zero-order valence-electron chi connectivity index (χ0n) is 15.0. The van der Waals surface area contributed by atoms with Crippen molar-refractivity contribution in [3.05, 3.63) is 91.7 Å². The molecular weight excluding hydrogens is 338 g/mol. The van der Waals surface area contributed by atoms with Crippen LogP contribution in [0.1, 0.15) is 0 Å². The zero-order valence-corrected chi connectivity index (χ0v) is 15.0. The van der Waals surface area contributed by atoms with Crippen LogP contribution in [0.15, 0.2) is 91.7 Å². The minimum absolute atomic E-state index is 0.00307. The molecule has 27 heavy (non-hydrogen) atoms. The Morgan fingerprint density at radius 1 is 1.04 bits per heavy atom. The molecule has 5 heteroatoms. The first-order valence-corrected chi connectivity index (χ1v) is 8.38. The Hall–Kier alpha value is -3.78. The molecule has 0 fully saturated rings. The van der Waals surface area contributed by atoms with Crippen molar-refractivity contribution in [2.45, 2.75) is 0 Å². The van der Waals surface area contributed by atoms with Gasteiger partial charge in [-0.15, -0.1) is 13.2 Å². The van der Waals surface area contributed by atoms with Crippen LogP contribution in [-0.4, -0.2) is 23.9 Å². The number of nitrogens with one attached hydrogen (secondary N) is 1. The lowest BCUT2D eigenvalue weighted by atomic mass is 10.2. The van der Waals surface area contributed by atoms with Crippen LogP contribution in [0.5, 0.6) is 11.5 Å². The Bertz CT molecular complexity index is 839. The van der Waals surface area contributed by atoms with Crippen molar-refractivity contribution >= 4 is 11.6 Å². The number of hydrogen-bond donors (Lipinski definition) is 1. The summed E-state index contributed by atoms with van der Waals surface area (Å²) in [4.78, 5) is 14.1. The number of carbonyl (C=O) groups is 1.